The highest BCUT2D eigenvalue weighted by atomic mass is 16.5. The number of hydrogen-bond acceptors (Lipinski definition) is 4. The number of hydrogen-bond donors (Lipinski definition) is 2. The van der Waals surface area contributed by atoms with E-state index in [2.05, 4.69) is 0 Å². The summed E-state index contributed by atoms with van der Waals surface area (Å²) in [5.41, 5.74) is 5.10. The van der Waals surface area contributed by atoms with Crippen molar-refractivity contribution in [3.05, 3.63) is 0 Å². The molecule has 0 aromatic rings. The summed E-state index contributed by atoms with van der Waals surface area (Å²) in [5, 5.41) is 8.74. The first-order valence-electron chi connectivity index (χ1n) is 5.43. The van der Waals surface area contributed by atoms with Gasteiger partial charge >= 0.3 is 5.97 Å². The molecule has 2 aliphatic rings. The van der Waals surface area contributed by atoms with Crippen LogP contribution in [0.2, 0.25) is 0 Å². The number of ether oxygens (including phenoxy) is 1. The quantitative estimate of drug-likeness (QED) is 0.620. The predicted octanol–water partition coefficient (Wildman–Crippen LogP) is -1.58. The van der Waals surface area contributed by atoms with E-state index in [1.54, 1.807) is 0 Å². The van der Waals surface area contributed by atoms with Gasteiger partial charge in [0.15, 0.2) is 6.10 Å². The normalized spacial score (nSPS) is 32.0. The second kappa shape index (κ2) is 4.33. The van der Waals surface area contributed by atoms with Crippen molar-refractivity contribution in [2.75, 3.05) is 19.7 Å². The summed E-state index contributed by atoms with van der Waals surface area (Å²) in [4.78, 5) is 35.0. The number of aliphatic carboxylic acids is 1. The molecule has 1 saturated carbocycles. The zero-order chi connectivity index (χ0) is 12.6. The average Bonchev–Trinajstić information content (AvgIpc) is 3.08. The van der Waals surface area contributed by atoms with Crippen LogP contribution in [-0.2, 0) is 19.1 Å². The van der Waals surface area contributed by atoms with E-state index in [0.717, 1.165) is 0 Å². The molecule has 1 aliphatic heterocycles. The van der Waals surface area contributed by atoms with E-state index in [9.17, 15) is 14.4 Å². The van der Waals surface area contributed by atoms with Crippen molar-refractivity contribution in [3.63, 3.8) is 0 Å². The zero-order valence-corrected chi connectivity index (χ0v) is 9.17. The van der Waals surface area contributed by atoms with Crippen LogP contribution in [0.15, 0.2) is 0 Å². The number of carbonyl (C=O) groups excluding carboxylic acids is 2. The number of nitrogens with zero attached hydrogens (tertiary/aromatic N) is 1. The summed E-state index contributed by atoms with van der Waals surface area (Å²) >= 11 is 0. The van der Waals surface area contributed by atoms with Gasteiger partial charge in [0.05, 0.1) is 25.0 Å². The maximum atomic E-state index is 11.9. The highest BCUT2D eigenvalue weighted by molar-refractivity contribution is 5.90. The average molecular weight is 242 g/mol. The molecule has 0 bridgehead atoms. The first kappa shape index (κ1) is 11.8. The van der Waals surface area contributed by atoms with Gasteiger partial charge in [-0.25, -0.2) is 0 Å². The molecule has 2 rings (SSSR count). The van der Waals surface area contributed by atoms with Crippen LogP contribution in [0.3, 0.4) is 0 Å². The van der Waals surface area contributed by atoms with Crippen molar-refractivity contribution in [1.82, 2.24) is 4.90 Å². The molecule has 2 amide bonds. The molecule has 7 heteroatoms. The van der Waals surface area contributed by atoms with E-state index >= 15 is 0 Å². The van der Waals surface area contributed by atoms with E-state index in [1.807, 2.05) is 0 Å². The molecule has 3 atom stereocenters. The first-order chi connectivity index (χ1) is 8.00. The number of rotatable bonds is 3. The van der Waals surface area contributed by atoms with Crippen molar-refractivity contribution >= 4 is 17.8 Å². The maximum Gasteiger partial charge on any atom is 0.307 e. The van der Waals surface area contributed by atoms with Crippen molar-refractivity contribution in [1.29, 1.82) is 0 Å². The number of nitrogens with two attached hydrogens (primary N) is 1. The Balaban J connectivity index is 1.92. The van der Waals surface area contributed by atoms with Gasteiger partial charge in [-0.15, -0.1) is 0 Å². The van der Waals surface area contributed by atoms with Gasteiger partial charge in [0.2, 0.25) is 11.8 Å². The van der Waals surface area contributed by atoms with Gasteiger partial charge in [0, 0.05) is 6.54 Å². The van der Waals surface area contributed by atoms with Crippen LogP contribution < -0.4 is 5.73 Å². The van der Waals surface area contributed by atoms with E-state index in [-0.39, 0.29) is 19.1 Å². The Morgan fingerprint density at radius 1 is 1.29 bits per heavy atom. The summed E-state index contributed by atoms with van der Waals surface area (Å²) in [7, 11) is 0. The van der Waals surface area contributed by atoms with Crippen LogP contribution in [0.4, 0.5) is 0 Å². The van der Waals surface area contributed by atoms with Gasteiger partial charge < -0.3 is 20.5 Å². The first-order valence-corrected chi connectivity index (χ1v) is 5.43. The molecule has 0 radical (unpaired) electrons. The summed E-state index contributed by atoms with van der Waals surface area (Å²) in [6.45, 7) is 0.756. The molecule has 0 spiro atoms. The fourth-order valence-electron chi connectivity index (χ4n) is 2.00. The summed E-state index contributed by atoms with van der Waals surface area (Å²) in [5.74, 6) is -2.78. The third kappa shape index (κ3) is 2.38. The predicted molar refractivity (Wildman–Crippen MR) is 54.7 cm³/mol. The zero-order valence-electron chi connectivity index (χ0n) is 9.17. The van der Waals surface area contributed by atoms with Crippen LogP contribution in [0, 0.1) is 11.8 Å². The second-order valence-corrected chi connectivity index (χ2v) is 4.33. The third-order valence-corrected chi connectivity index (χ3v) is 3.12. The standard InChI is InChI=1S/C10H14N2O5/c11-8(13)7-4-12(1-2-17-7)9(14)5-3-6(5)10(15)16/h5-7H,1-4H2,(H2,11,13)(H,15,16)/t5-,6-,7-/m0/s1. The molecule has 7 nitrogen and oxygen atoms in total. The van der Waals surface area contributed by atoms with Gasteiger partial charge in [-0.3, -0.25) is 14.4 Å². The van der Waals surface area contributed by atoms with Crippen molar-refractivity contribution in [2.24, 2.45) is 17.6 Å². The van der Waals surface area contributed by atoms with Crippen molar-refractivity contribution in [2.45, 2.75) is 12.5 Å². The Morgan fingerprint density at radius 2 is 2.00 bits per heavy atom. The number of primary amides is 1. The van der Waals surface area contributed by atoms with Crippen LogP contribution in [-0.4, -0.2) is 53.6 Å². The molecule has 0 aromatic carbocycles. The Bertz CT molecular complexity index is 370. The fraction of sp³-hybridized carbons (Fsp3) is 0.700. The molecule has 3 N–H and O–H groups in total. The Kier molecular flexibility index (Phi) is 3.01. The second-order valence-electron chi connectivity index (χ2n) is 4.33. The van der Waals surface area contributed by atoms with Gasteiger partial charge in [-0.1, -0.05) is 0 Å². The van der Waals surface area contributed by atoms with Crippen molar-refractivity contribution in [3.8, 4) is 0 Å². The van der Waals surface area contributed by atoms with Crippen molar-refractivity contribution < 1.29 is 24.2 Å². The summed E-state index contributed by atoms with van der Waals surface area (Å²) in [6.07, 6.45) is -0.401. The van der Waals surface area contributed by atoms with E-state index < -0.39 is 29.8 Å². The van der Waals surface area contributed by atoms with Crippen LogP contribution in [0.25, 0.3) is 0 Å². The number of carboxylic acids is 1. The minimum atomic E-state index is -0.942. The van der Waals surface area contributed by atoms with Crippen LogP contribution in [0.5, 0.6) is 0 Å². The molecule has 2 fully saturated rings. The minimum Gasteiger partial charge on any atom is -0.481 e. The Labute approximate surface area is 97.5 Å². The van der Waals surface area contributed by atoms with E-state index in [0.29, 0.717) is 13.0 Å². The fourth-order valence-corrected chi connectivity index (χ4v) is 2.00. The van der Waals surface area contributed by atoms with Gasteiger partial charge in [-0.05, 0) is 6.42 Å². The lowest BCUT2D eigenvalue weighted by atomic mass is 10.2. The third-order valence-electron chi connectivity index (χ3n) is 3.12. The minimum absolute atomic E-state index is 0.122. The lowest BCUT2D eigenvalue weighted by Gasteiger charge is -2.31. The van der Waals surface area contributed by atoms with Gasteiger partial charge in [0.25, 0.3) is 0 Å². The lowest BCUT2D eigenvalue weighted by Crippen LogP contribution is -2.51. The Hall–Kier alpha value is -1.63. The number of morpholine rings is 1. The largest absolute Gasteiger partial charge is 0.481 e. The van der Waals surface area contributed by atoms with Gasteiger partial charge in [-0.2, -0.15) is 0 Å². The molecule has 17 heavy (non-hydrogen) atoms. The van der Waals surface area contributed by atoms with Crippen LogP contribution >= 0.6 is 0 Å². The van der Waals surface area contributed by atoms with E-state index in [4.69, 9.17) is 15.6 Å². The number of amides is 2. The number of carboxylic acid groups (broad SMARTS) is 1. The summed E-state index contributed by atoms with van der Waals surface area (Å²) < 4.78 is 5.11. The molecule has 1 aliphatic carbocycles. The van der Waals surface area contributed by atoms with E-state index in [1.165, 1.54) is 4.90 Å². The SMILES string of the molecule is NC(=O)[C@@H]1CN(C(=O)[C@H]2C[C@@H]2C(=O)O)CCO1. The topological polar surface area (TPSA) is 110 Å². The maximum absolute atomic E-state index is 11.9. The molecule has 94 valence electrons. The molecular weight excluding hydrogens is 228 g/mol. The molecule has 1 heterocycles. The highest BCUT2D eigenvalue weighted by Crippen LogP contribution is 2.40. The molecule has 0 aromatic heterocycles. The smallest absolute Gasteiger partial charge is 0.307 e. The number of carbonyl (C=O) groups is 3. The van der Waals surface area contributed by atoms with Gasteiger partial charge in [0.1, 0.15) is 0 Å². The highest BCUT2D eigenvalue weighted by Gasteiger charge is 2.50. The Morgan fingerprint density at radius 3 is 2.53 bits per heavy atom. The molecular formula is C10H14N2O5. The monoisotopic (exact) mass is 242 g/mol. The summed E-state index contributed by atoms with van der Waals surface area (Å²) in [6, 6.07) is 0. The molecule has 1 saturated heterocycles. The molecule has 0 unspecified atom stereocenters. The van der Waals surface area contributed by atoms with Crippen LogP contribution in [0.1, 0.15) is 6.42 Å². The lowest BCUT2D eigenvalue weighted by molar-refractivity contribution is -0.148.